The minimum atomic E-state index is -0.266. The maximum atomic E-state index is 13.1. The van der Waals surface area contributed by atoms with Crippen molar-refractivity contribution in [2.45, 2.75) is 26.2 Å². The van der Waals surface area contributed by atoms with E-state index in [-0.39, 0.29) is 17.7 Å². The molecule has 6 nitrogen and oxygen atoms in total. The van der Waals surface area contributed by atoms with Crippen LogP contribution in [0.15, 0.2) is 47.1 Å². The van der Waals surface area contributed by atoms with E-state index in [0.29, 0.717) is 32.0 Å². The van der Waals surface area contributed by atoms with Gasteiger partial charge in [0.25, 0.3) is 0 Å². The zero-order valence-corrected chi connectivity index (χ0v) is 19.0. The molecule has 0 N–H and O–H groups in total. The monoisotopic (exact) mass is 470 g/mol. The van der Waals surface area contributed by atoms with Crippen molar-refractivity contribution in [3.63, 3.8) is 0 Å². The van der Waals surface area contributed by atoms with Crippen LogP contribution in [0.2, 0.25) is 0 Å². The van der Waals surface area contributed by atoms with Gasteiger partial charge in [0.05, 0.1) is 5.92 Å². The zero-order chi connectivity index (χ0) is 21.3. The van der Waals surface area contributed by atoms with Crippen molar-refractivity contribution in [3.8, 4) is 0 Å². The van der Waals surface area contributed by atoms with Crippen molar-refractivity contribution in [1.82, 2.24) is 9.88 Å². The van der Waals surface area contributed by atoms with Gasteiger partial charge in [0.1, 0.15) is 5.82 Å². The third kappa shape index (κ3) is 4.36. The number of nitrogens with zero attached hydrogens (tertiary/aromatic N) is 4. The van der Waals surface area contributed by atoms with Crippen molar-refractivity contribution in [3.05, 3.63) is 52.6 Å². The number of benzene rings is 1. The Morgan fingerprint density at radius 1 is 1.13 bits per heavy atom. The third-order valence-electron chi connectivity index (χ3n) is 5.95. The molecule has 2 saturated heterocycles. The van der Waals surface area contributed by atoms with Gasteiger partial charge in [0.15, 0.2) is 0 Å². The summed E-state index contributed by atoms with van der Waals surface area (Å²) in [4.78, 5) is 36.1. The molecule has 158 valence electrons. The number of pyridine rings is 1. The Bertz CT molecular complexity index is 923. The maximum absolute atomic E-state index is 13.1. The molecule has 0 saturated carbocycles. The highest BCUT2D eigenvalue weighted by Gasteiger charge is 2.38. The van der Waals surface area contributed by atoms with Crippen LogP contribution in [0.1, 0.15) is 31.7 Å². The van der Waals surface area contributed by atoms with Gasteiger partial charge in [-0.1, -0.05) is 26.0 Å². The molecular weight excluding hydrogens is 444 g/mol. The lowest BCUT2D eigenvalue weighted by Crippen LogP contribution is -2.51. The summed E-state index contributed by atoms with van der Waals surface area (Å²) in [5.41, 5.74) is 2.10. The van der Waals surface area contributed by atoms with Crippen LogP contribution < -0.4 is 9.80 Å². The van der Waals surface area contributed by atoms with E-state index >= 15 is 0 Å². The normalized spacial score (nSPS) is 19.7. The standard InChI is InChI=1S/C23H27BrN4O2/c1-16(2)17-4-3-5-20(12-17)28-15-18(13-22(28)29)23(30)27-10-8-26(9-11-27)21-7-6-19(24)14-25-21/h3-7,12,14,16,18H,8-11,13,15H2,1-2H3. The van der Waals surface area contributed by atoms with Gasteiger partial charge < -0.3 is 14.7 Å². The zero-order valence-electron chi connectivity index (χ0n) is 17.4. The molecule has 2 aliphatic heterocycles. The molecular formula is C23H27BrN4O2. The first-order valence-corrected chi connectivity index (χ1v) is 11.3. The largest absolute Gasteiger partial charge is 0.353 e. The molecule has 0 bridgehead atoms. The number of carbonyl (C=O) groups is 2. The van der Waals surface area contributed by atoms with Crippen LogP contribution in [0.25, 0.3) is 0 Å². The molecule has 2 fully saturated rings. The lowest BCUT2D eigenvalue weighted by Gasteiger charge is -2.36. The van der Waals surface area contributed by atoms with Crippen molar-refractivity contribution < 1.29 is 9.59 Å². The summed E-state index contributed by atoms with van der Waals surface area (Å²) in [5.74, 6) is 1.19. The van der Waals surface area contributed by atoms with Gasteiger partial charge in [-0.3, -0.25) is 9.59 Å². The second-order valence-corrected chi connectivity index (χ2v) is 9.22. The number of piperazine rings is 1. The molecule has 3 heterocycles. The Kier molecular flexibility index (Phi) is 6.09. The quantitative estimate of drug-likeness (QED) is 0.683. The lowest BCUT2D eigenvalue weighted by molar-refractivity contribution is -0.136. The van der Waals surface area contributed by atoms with Gasteiger partial charge in [-0.05, 0) is 51.7 Å². The van der Waals surface area contributed by atoms with Crippen LogP contribution in [-0.2, 0) is 9.59 Å². The first kappa shape index (κ1) is 20.8. The highest BCUT2D eigenvalue weighted by Crippen LogP contribution is 2.29. The minimum Gasteiger partial charge on any atom is -0.353 e. The van der Waals surface area contributed by atoms with Crippen LogP contribution in [0.4, 0.5) is 11.5 Å². The van der Waals surface area contributed by atoms with E-state index in [0.717, 1.165) is 29.1 Å². The topological polar surface area (TPSA) is 56.8 Å². The highest BCUT2D eigenvalue weighted by molar-refractivity contribution is 9.10. The van der Waals surface area contributed by atoms with Crippen LogP contribution >= 0.6 is 15.9 Å². The number of hydrogen-bond acceptors (Lipinski definition) is 4. The summed E-state index contributed by atoms with van der Waals surface area (Å²) < 4.78 is 0.953. The fourth-order valence-electron chi connectivity index (χ4n) is 4.14. The summed E-state index contributed by atoms with van der Waals surface area (Å²) in [6.07, 6.45) is 2.08. The van der Waals surface area contributed by atoms with E-state index in [1.165, 1.54) is 5.56 Å². The third-order valence-corrected chi connectivity index (χ3v) is 6.42. The van der Waals surface area contributed by atoms with Crippen LogP contribution in [0.3, 0.4) is 0 Å². The van der Waals surface area contributed by atoms with E-state index in [2.05, 4.69) is 51.8 Å². The molecule has 4 rings (SSSR count). The molecule has 0 radical (unpaired) electrons. The number of rotatable bonds is 4. The molecule has 2 aliphatic rings. The van der Waals surface area contributed by atoms with Crippen molar-refractivity contribution >= 4 is 39.2 Å². The van der Waals surface area contributed by atoms with Crippen molar-refractivity contribution in [2.75, 3.05) is 42.5 Å². The van der Waals surface area contributed by atoms with E-state index in [1.807, 2.05) is 29.2 Å². The molecule has 0 aliphatic carbocycles. The number of carbonyl (C=O) groups excluding carboxylic acids is 2. The Morgan fingerprint density at radius 2 is 1.90 bits per heavy atom. The first-order chi connectivity index (χ1) is 14.4. The number of anilines is 2. The van der Waals surface area contributed by atoms with Crippen LogP contribution in [-0.4, -0.2) is 54.4 Å². The number of hydrogen-bond donors (Lipinski definition) is 0. The molecule has 0 spiro atoms. The molecule has 1 aromatic carbocycles. The number of aromatic nitrogens is 1. The van der Waals surface area contributed by atoms with Gasteiger partial charge in [-0.15, -0.1) is 0 Å². The van der Waals surface area contributed by atoms with E-state index in [1.54, 1.807) is 11.1 Å². The Hall–Kier alpha value is -2.41. The molecule has 1 atom stereocenters. The summed E-state index contributed by atoms with van der Waals surface area (Å²) in [6, 6.07) is 12.1. The average molecular weight is 471 g/mol. The van der Waals surface area contributed by atoms with Crippen LogP contribution in [0.5, 0.6) is 0 Å². The molecule has 2 amide bonds. The molecule has 1 unspecified atom stereocenters. The fourth-order valence-corrected chi connectivity index (χ4v) is 4.38. The number of halogens is 1. The highest BCUT2D eigenvalue weighted by atomic mass is 79.9. The lowest BCUT2D eigenvalue weighted by atomic mass is 10.0. The van der Waals surface area contributed by atoms with Crippen molar-refractivity contribution in [2.24, 2.45) is 5.92 Å². The minimum absolute atomic E-state index is 0.0342. The predicted octanol–water partition coefficient (Wildman–Crippen LogP) is 3.67. The molecule has 7 heteroatoms. The predicted molar refractivity (Wildman–Crippen MR) is 122 cm³/mol. The van der Waals surface area contributed by atoms with Gasteiger partial charge in [0, 0.05) is 55.5 Å². The fraction of sp³-hybridized carbons (Fsp3) is 0.435. The van der Waals surface area contributed by atoms with Gasteiger partial charge in [-0.25, -0.2) is 4.98 Å². The Morgan fingerprint density at radius 3 is 2.57 bits per heavy atom. The summed E-state index contributed by atoms with van der Waals surface area (Å²) in [5, 5.41) is 0. The average Bonchev–Trinajstić information content (AvgIpc) is 3.15. The number of amides is 2. The van der Waals surface area contributed by atoms with E-state index in [4.69, 9.17) is 0 Å². The Balaban J connectivity index is 1.37. The van der Waals surface area contributed by atoms with E-state index < -0.39 is 0 Å². The summed E-state index contributed by atoms with van der Waals surface area (Å²) >= 11 is 3.41. The Labute approximate surface area is 186 Å². The molecule has 1 aromatic heterocycles. The van der Waals surface area contributed by atoms with Crippen molar-refractivity contribution in [1.29, 1.82) is 0 Å². The van der Waals surface area contributed by atoms with Gasteiger partial charge in [0.2, 0.25) is 11.8 Å². The summed E-state index contributed by atoms with van der Waals surface area (Å²) in [7, 11) is 0. The SMILES string of the molecule is CC(C)c1cccc(N2CC(C(=O)N3CCN(c4ccc(Br)cn4)CC3)CC2=O)c1. The smallest absolute Gasteiger partial charge is 0.228 e. The van der Waals surface area contributed by atoms with Gasteiger partial charge in [-0.2, -0.15) is 0 Å². The van der Waals surface area contributed by atoms with Gasteiger partial charge >= 0.3 is 0 Å². The molecule has 30 heavy (non-hydrogen) atoms. The second-order valence-electron chi connectivity index (χ2n) is 8.30. The second kappa shape index (κ2) is 8.76. The summed E-state index contributed by atoms with van der Waals surface area (Å²) in [6.45, 7) is 7.56. The first-order valence-electron chi connectivity index (χ1n) is 10.5. The van der Waals surface area contributed by atoms with E-state index in [9.17, 15) is 9.59 Å². The maximum Gasteiger partial charge on any atom is 0.228 e. The van der Waals surface area contributed by atoms with Crippen LogP contribution in [0, 0.1) is 5.92 Å². The molecule has 2 aromatic rings.